The highest BCUT2D eigenvalue weighted by Gasteiger charge is 2.23. The molecule has 1 amide bonds. The molecule has 0 aliphatic carbocycles. The second kappa shape index (κ2) is 6.06. The number of rotatable bonds is 3. The Kier molecular flexibility index (Phi) is 4.43. The molecule has 1 unspecified atom stereocenters. The summed E-state index contributed by atoms with van der Waals surface area (Å²) in [6.45, 7) is 6.64. The number of carbonyl (C=O) groups excluding carboxylic acids is 1. The van der Waals surface area contributed by atoms with Gasteiger partial charge in [-0.1, -0.05) is 17.7 Å². The van der Waals surface area contributed by atoms with E-state index in [-0.39, 0.29) is 11.9 Å². The Balaban J connectivity index is 2.11. The molecule has 1 N–H and O–H groups in total. The number of carbonyl (C=O) groups is 1. The van der Waals surface area contributed by atoms with Crippen LogP contribution in [0.2, 0.25) is 0 Å². The predicted molar refractivity (Wildman–Crippen MR) is 75.5 cm³/mol. The van der Waals surface area contributed by atoms with Gasteiger partial charge in [0.25, 0.3) is 0 Å². The molecule has 4 heteroatoms. The molecule has 0 radical (unpaired) electrons. The Labute approximate surface area is 114 Å². The fraction of sp³-hybridized carbons (Fsp3) is 0.533. The summed E-state index contributed by atoms with van der Waals surface area (Å²) in [5.41, 5.74) is 2.12. The van der Waals surface area contributed by atoms with Crippen molar-refractivity contribution in [2.24, 2.45) is 0 Å². The van der Waals surface area contributed by atoms with Gasteiger partial charge in [-0.15, -0.1) is 0 Å². The van der Waals surface area contributed by atoms with E-state index < -0.39 is 0 Å². The van der Waals surface area contributed by atoms with E-state index in [0.717, 1.165) is 36.5 Å². The summed E-state index contributed by atoms with van der Waals surface area (Å²) in [5, 5.41) is 3.30. The van der Waals surface area contributed by atoms with Crippen LogP contribution in [0, 0.1) is 6.92 Å². The van der Waals surface area contributed by atoms with Crippen molar-refractivity contribution in [2.75, 3.05) is 26.7 Å². The Hall–Kier alpha value is -1.55. The van der Waals surface area contributed by atoms with E-state index in [1.807, 2.05) is 30.0 Å². The molecule has 104 valence electrons. The zero-order valence-corrected chi connectivity index (χ0v) is 11.9. The monoisotopic (exact) mass is 262 g/mol. The van der Waals surface area contributed by atoms with Crippen LogP contribution in [0.5, 0.6) is 5.75 Å². The summed E-state index contributed by atoms with van der Waals surface area (Å²) in [5.74, 6) is 0.972. The van der Waals surface area contributed by atoms with Crippen LogP contribution in [0.15, 0.2) is 18.2 Å². The topological polar surface area (TPSA) is 41.6 Å². The van der Waals surface area contributed by atoms with Gasteiger partial charge in [-0.25, -0.2) is 0 Å². The van der Waals surface area contributed by atoms with Crippen LogP contribution in [0.4, 0.5) is 0 Å². The van der Waals surface area contributed by atoms with Crippen LogP contribution in [0.1, 0.15) is 18.1 Å². The molecule has 19 heavy (non-hydrogen) atoms. The Morgan fingerprint density at radius 2 is 2.32 bits per heavy atom. The number of methoxy groups -OCH3 is 1. The third kappa shape index (κ3) is 3.26. The standard InChI is InChI=1S/C15H22N2O2/c1-11-4-5-14(19-3)13(8-11)9-15(18)17-7-6-16-10-12(17)2/h4-5,8,12,16H,6-7,9-10H2,1-3H3. The molecule has 4 nitrogen and oxygen atoms in total. The van der Waals surface area contributed by atoms with Crippen molar-refractivity contribution in [1.82, 2.24) is 10.2 Å². The lowest BCUT2D eigenvalue weighted by Crippen LogP contribution is -2.52. The molecular weight excluding hydrogens is 240 g/mol. The van der Waals surface area contributed by atoms with Gasteiger partial charge in [-0.05, 0) is 19.9 Å². The number of aryl methyl sites for hydroxylation is 1. The first kappa shape index (κ1) is 13.9. The third-order valence-corrected chi connectivity index (χ3v) is 3.60. The molecule has 0 saturated carbocycles. The number of nitrogens with zero attached hydrogens (tertiary/aromatic N) is 1. The van der Waals surface area contributed by atoms with Crippen molar-refractivity contribution in [3.05, 3.63) is 29.3 Å². The zero-order valence-electron chi connectivity index (χ0n) is 11.9. The van der Waals surface area contributed by atoms with Crippen LogP contribution in [-0.4, -0.2) is 43.6 Å². The average Bonchev–Trinajstić information content (AvgIpc) is 2.39. The maximum Gasteiger partial charge on any atom is 0.227 e. The average molecular weight is 262 g/mol. The van der Waals surface area contributed by atoms with E-state index in [4.69, 9.17) is 4.74 Å². The van der Waals surface area contributed by atoms with Crippen LogP contribution in [0.3, 0.4) is 0 Å². The fourth-order valence-electron chi connectivity index (χ4n) is 2.52. The Bertz CT molecular complexity index is 459. The Morgan fingerprint density at radius 1 is 1.53 bits per heavy atom. The molecule has 0 bridgehead atoms. The molecule has 2 rings (SSSR count). The van der Waals surface area contributed by atoms with E-state index in [2.05, 4.69) is 12.2 Å². The van der Waals surface area contributed by atoms with Crippen molar-refractivity contribution in [3.63, 3.8) is 0 Å². The van der Waals surface area contributed by atoms with Gasteiger partial charge in [-0.2, -0.15) is 0 Å². The largest absolute Gasteiger partial charge is 0.496 e. The lowest BCUT2D eigenvalue weighted by Gasteiger charge is -2.34. The number of amides is 1. The highest BCUT2D eigenvalue weighted by molar-refractivity contribution is 5.80. The van der Waals surface area contributed by atoms with E-state index in [1.165, 1.54) is 0 Å². The van der Waals surface area contributed by atoms with Crippen LogP contribution in [-0.2, 0) is 11.2 Å². The van der Waals surface area contributed by atoms with Gasteiger partial charge in [0.1, 0.15) is 5.75 Å². The van der Waals surface area contributed by atoms with Gasteiger partial charge in [0.2, 0.25) is 5.91 Å². The molecule has 1 fully saturated rings. The van der Waals surface area contributed by atoms with Crippen molar-refractivity contribution < 1.29 is 9.53 Å². The van der Waals surface area contributed by atoms with Crippen molar-refractivity contribution in [1.29, 1.82) is 0 Å². The first-order chi connectivity index (χ1) is 9.11. The quantitative estimate of drug-likeness (QED) is 0.894. The summed E-state index contributed by atoms with van der Waals surface area (Å²) in [6, 6.07) is 6.22. The SMILES string of the molecule is COc1ccc(C)cc1CC(=O)N1CCNCC1C. The number of hydrogen-bond donors (Lipinski definition) is 1. The van der Waals surface area contributed by atoms with Gasteiger partial charge in [0, 0.05) is 31.2 Å². The van der Waals surface area contributed by atoms with E-state index in [9.17, 15) is 4.79 Å². The zero-order chi connectivity index (χ0) is 13.8. The van der Waals surface area contributed by atoms with Gasteiger partial charge in [-0.3, -0.25) is 4.79 Å². The van der Waals surface area contributed by atoms with Gasteiger partial charge >= 0.3 is 0 Å². The summed E-state index contributed by atoms with van der Waals surface area (Å²) in [7, 11) is 1.64. The molecule has 1 saturated heterocycles. The Morgan fingerprint density at radius 3 is 3.00 bits per heavy atom. The van der Waals surface area contributed by atoms with Crippen LogP contribution in [0.25, 0.3) is 0 Å². The van der Waals surface area contributed by atoms with Crippen LogP contribution < -0.4 is 10.1 Å². The number of benzene rings is 1. The molecule has 1 atom stereocenters. The molecule has 0 aromatic heterocycles. The highest BCUT2D eigenvalue weighted by Crippen LogP contribution is 2.21. The van der Waals surface area contributed by atoms with Crippen molar-refractivity contribution in [3.8, 4) is 5.75 Å². The summed E-state index contributed by atoms with van der Waals surface area (Å²) in [4.78, 5) is 14.4. The lowest BCUT2D eigenvalue weighted by molar-refractivity contribution is -0.133. The van der Waals surface area contributed by atoms with E-state index >= 15 is 0 Å². The maximum absolute atomic E-state index is 12.4. The number of hydrogen-bond acceptors (Lipinski definition) is 3. The van der Waals surface area contributed by atoms with E-state index in [1.54, 1.807) is 7.11 Å². The normalized spacial score (nSPS) is 19.3. The minimum Gasteiger partial charge on any atom is -0.496 e. The minimum absolute atomic E-state index is 0.179. The molecule has 1 aromatic rings. The van der Waals surface area contributed by atoms with Crippen molar-refractivity contribution in [2.45, 2.75) is 26.3 Å². The second-order valence-corrected chi connectivity index (χ2v) is 5.13. The minimum atomic E-state index is 0.179. The lowest BCUT2D eigenvalue weighted by atomic mass is 10.1. The second-order valence-electron chi connectivity index (χ2n) is 5.13. The molecule has 0 spiro atoms. The molecule has 1 heterocycles. The third-order valence-electron chi connectivity index (χ3n) is 3.60. The van der Waals surface area contributed by atoms with Gasteiger partial charge < -0.3 is 15.0 Å². The highest BCUT2D eigenvalue weighted by atomic mass is 16.5. The first-order valence-corrected chi connectivity index (χ1v) is 6.75. The van der Waals surface area contributed by atoms with Crippen LogP contribution >= 0.6 is 0 Å². The molecule has 1 aliphatic rings. The maximum atomic E-state index is 12.4. The number of nitrogens with one attached hydrogen (secondary N) is 1. The molecule has 1 aliphatic heterocycles. The van der Waals surface area contributed by atoms with Crippen molar-refractivity contribution >= 4 is 5.91 Å². The number of ether oxygens (including phenoxy) is 1. The smallest absolute Gasteiger partial charge is 0.227 e. The van der Waals surface area contributed by atoms with E-state index in [0.29, 0.717) is 6.42 Å². The fourth-order valence-corrected chi connectivity index (χ4v) is 2.52. The summed E-state index contributed by atoms with van der Waals surface area (Å²) >= 11 is 0. The van der Waals surface area contributed by atoms with Gasteiger partial charge in [0.05, 0.1) is 13.5 Å². The summed E-state index contributed by atoms with van der Waals surface area (Å²) < 4.78 is 5.33. The van der Waals surface area contributed by atoms with Gasteiger partial charge in [0.15, 0.2) is 0 Å². The first-order valence-electron chi connectivity index (χ1n) is 6.75. The molecular formula is C15H22N2O2. The predicted octanol–water partition coefficient (Wildman–Crippen LogP) is 1.37. The number of piperazine rings is 1. The summed E-state index contributed by atoms with van der Waals surface area (Å²) in [6.07, 6.45) is 0.412. The molecule has 1 aromatic carbocycles.